The summed E-state index contributed by atoms with van der Waals surface area (Å²) in [6, 6.07) is 6.57. The number of esters is 1. The van der Waals surface area contributed by atoms with Crippen LogP contribution in [0.25, 0.3) is 11.4 Å². The molecule has 0 saturated heterocycles. The van der Waals surface area contributed by atoms with Crippen molar-refractivity contribution in [2.75, 3.05) is 6.61 Å². The average molecular weight is 385 g/mol. The van der Waals surface area contributed by atoms with Crippen molar-refractivity contribution in [2.24, 2.45) is 0 Å². The van der Waals surface area contributed by atoms with Crippen molar-refractivity contribution < 1.29 is 18.8 Å². The molecule has 0 N–H and O–H groups in total. The molecule has 0 atom stereocenters. The van der Waals surface area contributed by atoms with Crippen LogP contribution in [-0.2, 0) is 16.1 Å². The first-order chi connectivity index (χ1) is 11.6. The van der Waals surface area contributed by atoms with Crippen LogP contribution in [0.15, 0.2) is 39.5 Å². The minimum atomic E-state index is -0.587. The van der Waals surface area contributed by atoms with Crippen LogP contribution >= 0.6 is 34.5 Å². The topological polar surface area (TPSA) is 74.5 Å². The van der Waals surface area contributed by atoms with E-state index in [9.17, 15) is 4.79 Å². The van der Waals surface area contributed by atoms with Crippen molar-refractivity contribution >= 4 is 40.5 Å². The van der Waals surface area contributed by atoms with Crippen LogP contribution in [0.5, 0.6) is 5.75 Å². The molecule has 0 aliphatic carbocycles. The van der Waals surface area contributed by atoms with E-state index in [0.29, 0.717) is 21.6 Å². The number of thiophene rings is 1. The molecule has 2 aromatic heterocycles. The van der Waals surface area contributed by atoms with Gasteiger partial charge in [-0.1, -0.05) is 28.4 Å². The van der Waals surface area contributed by atoms with E-state index >= 15 is 0 Å². The number of carbonyl (C=O) groups excluding carboxylic acids is 1. The molecule has 0 bridgehead atoms. The molecule has 124 valence electrons. The highest BCUT2D eigenvalue weighted by Crippen LogP contribution is 2.27. The van der Waals surface area contributed by atoms with E-state index in [1.807, 2.05) is 16.8 Å². The molecule has 0 aliphatic heterocycles. The second-order valence-corrected chi connectivity index (χ2v) is 6.17. The number of aromatic nitrogens is 2. The van der Waals surface area contributed by atoms with Gasteiger partial charge in [-0.3, -0.25) is 0 Å². The summed E-state index contributed by atoms with van der Waals surface area (Å²) >= 11 is 13.3. The number of halogens is 2. The minimum Gasteiger partial charge on any atom is -0.480 e. The maximum atomic E-state index is 11.7. The van der Waals surface area contributed by atoms with Gasteiger partial charge in [0.1, 0.15) is 5.75 Å². The summed E-state index contributed by atoms with van der Waals surface area (Å²) < 4.78 is 15.3. The Bertz CT molecular complexity index is 836. The van der Waals surface area contributed by atoms with Gasteiger partial charge < -0.3 is 14.0 Å². The van der Waals surface area contributed by atoms with Crippen LogP contribution in [0.1, 0.15) is 5.89 Å². The number of carbonyl (C=O) groups is 1. The van der Waals surface area contributed by atoms with Crippen LogP contribution in [0.2, 0.25) is 10.0 Å². The summed E-state index contributed by atoms with van der Waals surface area (Å²) in [6.07, 6.45) is 0. The predicted octanol–water partition coefficient (Wildman–Crippen LogP) is 4.23. The molecular formula is C15H10Cl2N2O4S. The van der Waals surface area contributed by atoms with Gasteiger partial charge in [-0.25, -0.2) is 4.79 Å². The van der Waals surface area contributed by atoms with E-state index in [1.165, 1.54) is 17.4 Å². The second kappa shape index (κ2) is 7.65. The van der Waals surface area contributed by atoms with Gasteiger partial charge in [0.15, 0.2) is 13.2 Å². The highest BCUT2D eigenvalue weighted by atomic mass is 35.5. The molecule has 1 aromatic carbocycles. The zero-order valence-electron chi connectivity index (χ0n) is 12.1. The van der Waals surface area contributed by atoms with Crippen molar-refractivity contribution in [1.82, 2.24) is 10.1 Å². The van der Waals surface area contributed by atoms with E-state index in [2.05, 4.69) is 10.1 Å². The second-order valence-electron chi connectivity index (χ2n) is 4.55. The molecule has 0 unspecified atom stereocenters. The highest BCUT2D eigenvalue weighted by Gasteiger charge is 2.12. The van der Waals surface area contributed by atoms with Crippen LogP contribution < -0.4 is 4.74 Å². The quantitative estimate of drug-likeness (QED) is 0.592. The fourth-order valence-corrected chi connectivity index (χ4v) is 2.83. The highest BCUT2D eigenvalue weighted by molar-refractivity contribution is 7.08. The Hall–Kier alpha value is -2.09. The van der Waals surface area contributed by atoms with Crippen LogP contribution in [0, 0.1) is 0 Å². The maximum absolute atomic E-state index is 11.7. The Morgan fingerprint density at radius 3 is 2.92 bits per heavy atom. The molecule has 0 fully saturated rings. The van der Waals surface area contributed by atoms with E-state index in [1.54, 1.807) is 12.1 Å². The normalized spacial score (nSPS) is 10.6. The van der Waals surface area contributed by atoms with Crippen LogP contribution in [0.3, 0.4) is 0 Å². The Labute approximate surface area is 150 Å². The van der Waals surface area contributed by atoms with E-state index < -0.39 is 5.97 Å². The third-order valence-corrected chi connectivity index (χ3v) is 4.06. The first-order valence-corrected chi connectivity index (χ1v) is 8.40. The van der Waals surface area contributed by atoms with E-state index in [-0.39, 0.29) is 19.1 Å². The van der Waals surface area contributed by atoms with Gasteiger partial charge in [0, 0.05) is 16.0 Å². The lowest BCUT2D eigenvalue weighted by molar-refractivity contribution is -0.148. The summed E-state index contributed by atoms with van der Waals surface area (Å²) in [5.74, 6) is 0.410. The van der Waals surface area contributed by atoms with Crippen LogP contribution in [0.4, 0.5) is 0 Å². The molecule has 0 spiro atoms. The third kappa shape index (κ3) is 4.25. The van der Waals surface area contributed by atoms with Crippen molar-refractivity contribution in [2.45, 2.75) is 6.61 Å². The lowest BCUT2D eigenvalue weighted by atomic mass is 10.3. The Kier molecular flexibility index (Phi) is 5.34. The van der Waals surface area contributed by atoms with Crippen molar-refractivity contribution in [3.63, 3.8) is 0 Å². The number of hydrogen-bond acceptors (Lipinski definition) is 7. The summed E-state index contributed by atoms with van der Waals surface area (Å²) in [6.45, 7) is -0.430. The Morgan fingerprint density at radius 1 is 1.29 bits per heavy atom. The predicted molar refractivity (Wildman–Crippen MR) is 89.4 cm³/mol. The van der Waals surface area contributed by atoms with E-state index in [0.717, 1.165) is 5.56 Å². The minimum absolute atomic E-state index is 0.131. The fourth-order valence-electron chi connectivity index (χ4n) is 1.74. The summed E-state index contributed by atoms with van der Waals surface area (Å²) in [7, 11) is 0. The van der Waals surface area contributed by atoms with Gasteiger partial charge in [0.05, 0.1) is 5.02 Å². The average Bonchev–Trinajstić information content (AvgIpc) is 3.23. The molecule has 0 saturated carbocycles. The molecule has 3 rings (SSSR count). The molecule has 0 aliphatic rings. The van der Waals surface area contributed by atoms with Gasteiger partial charge in [0.25, 0.3) is 5.89 Å². The molecule has 24 heavy (non-hydrogen) atoms. The summed E-state index contributed by atoms with van der Waals surface area (Å²) in [5, 5.41) is 8.41. The standard InChI is InChI=1S/C15H10Cl2N2O4S/c16-10-1-2-12(11(17)5-10)21-7-14(20)22-6-13-18-15(19-23-13)9-3-4-24-8-9/h1-5,8H,6-7H2. The third-order valence-electron chi connectivity index (χ3n) is 2.84. The molecular weight excluding hydrogens is 375 g/mol. The fraction of sp³-hybridized carbons (Fsp3) is 0.133. The Balaban J connectivity index is 1.49. The number of rotatable bonds is 6. The van der Waals surface area contributed by atoms with Gasteiger partial charge in [-0.05, 0) is 29.6 Å². The smallest absolute Gasteiger partial charge is 0.344 e. The number of hydrogen-bond donors (Lipinski definition) is 0. The number of nitrogens with zero attached hydrogens (tertiary/aromatic N) is 2. The van der Waals surface area contributed by atoms with Crippen molar-refractivity contribution in [1.29, 1.82) is 0 Å². The van der Waals surface area contributed by atoms with Gasteiger partial charge in [-0.2, -0.15) is 16.3 Å². The molecule has 0 radical (unpaired) electrons. The van der Waals surface area contributed by atoms with Gasteiger partial charge in [-0.15, -0.1) is 0 Å². The zero-order valence-corrected chi connectivity index (χ0v) is 14.4. The number of ether oxygens (including phenoxy) is 2. The molecule has 2 heterocycles. The molecule has 9 heteroatoms. The lowest BCUT2D eigenvalue weighted by Gasteiger charge is -2.07. The summed E-state index contributed by atoms with van der Waals surface area (Å²) in [4.78, 5) is 15.8. The molecule has 3 aromatic rings. The summed E-state index contributed by atoms with van der Waals surface area (Å²) in [5.41, 5.74) is 0.849. The van der Waals surface area contributed by atoms with Crippen LogP contribution in [-0.4, -0.2) is 22.7 Å². The lowest BCUT2D eigenvalue weighted by Crippen LogP contribution is -2.15. The van der Waals surface area contributed by atoms with E-state index in [4.69, 9.17) is 37.2 Å². The SMILES string of the molecule is O=C(COc1ccc(Cl)cc1Cl)OCc1nc(-c2ccsc2)no1. The monoisotopic (exact) mass is 384 g/mol. The first kappa shape index (κ1) is 16.8. The van der Waals surface area contributed by atoms with Gasteiger partial charge >= 0.3 is 5.97 Å². The maximum Gasteiger partial charge on any atom is 0.344 e. The number of benzene rings is 1. The molecule has 0 amide bonds. The molecule has 6 nitrogen and oxygen atoms in total. The van der Waals surface area contributed by atoms with Gasteiger partial charge in [0.2, 0.25) is 5.82 Å². The largest absolute Gasteiger partial charge is 0.480 e. The zero-order chi connectivity index (χ0) is 16.9. The van der Waals surface area contributed by atoms with Crippen molar-refractivity contribution in [3.05, 3.63) is 51.0 Å². The van der Waals surface area contributed by atoms with Crippen molar-refractivity contribution in [3.8, 4) is 17.1 Å². The first-order valence-electron chi connectivity index (χ1n) is 6.70. The Morgan fingerprint density at radius 2 is 2.17 bits per heavy atom.